The molecule has 2 N–H and O–H groups in total. The number of nitrogens with one attached hydrogen (secondary N) is 2. The molecule has 0 radical (unpaired) electrons. The number of carbonyl (C=O) groups excluding carboxylic acids is 1. The molecule has 6 nitrogen and oxygen atoms in total. The van der Waals surface area contributed by atoms with E-state index < -0.39 is 29.3 Å². The first-order valence-corrected chi connectivity index (χ1v) is 9.96. The van der Waals surface area contributed by atoms with E-state index in [-0.39, 0.29) is 0 Å². The van der Waals surface area contributed by atoms with Crippen molar-refractivity contribution < 1.29 is 26.8 Å². The Bertz CT molecular complexity index is 1270. The standard InChI is InChI=1S/C20H13AsF4N4O2/c21-17-16-13(8-31-18(16)27-9-26-17)10-1-4-12(5-2-10)28-19(30)29-15-7-11(20(23,24)25)3-6-14(15)22/h1-9H,21H2,(H2,28,29,30). The number of nitrogens with zero attached hydrogens (tertiary/aromatic N) is 2. The van der Waals surface area contributed by atoms with Crippen LogP contribution in [0.3, 0.4) is 0 Å². The minimum absolute atomic E-state index is 0.360. The Balaban J connectivity index is 1.50. The van der Waals surface area contributed by atoms with Crippen molar-refractivity contribution >= 4 is 49.8 Å². The number of hydrogen-bond acceptors (Lipinski definition) is 4. The van der Waals surface area contributed by atoms with Gasteiger partial charge in [0.05, 0.1) is 5.56 Å². The molecule has 0 aliphatic heterocycles. The van der Waals surface area contributed by atoms with E-state index in [1.165, 1.54) is 23.2 Å². The van der Waals surface area contributed by atoms with Gasteiger partial charge < -0.3 is 0 Å². The third-order valence-electron chi connectivity index (χ3n) is 4.40. The molecule has 0 saturated carbocycles. The Kier molecular flexibility index (Phi) is 5.41. The summed E-state index contributed by atoms with van der Waals surface area (Å²) in [5, 5.41) is 5.34. The van der Waals surface area contributed by atoms with Gasteiger partial charge in [-0.15, -0.1) is 0 Å². The second-order valence-electron chi connectivity index (χ2n) is 6.44. The molecule has 1 unspecified atom stereocenters. The molecule has 0 bridgehead atoms. The molecule has 11 heteroatoms. The average Bonchev–Trinajstić information content (AvgIpc) is 3.15. The smallest absolute Gasteiger partial charge is 0.205 e. The molecule has 158 valence electrons. The number of carbonyl (C=O) groups is 1. The number of anilines is 2. The van der Waals surface area contributed by atoms with Crippen LogP contribution in [0.2, 0.25) is 0 Å². The van der Waals surface area contributed by atoms with Crippen LogP contribution in [-0.2, 0) is 6.18 Å². The van der Waals surface area contributed by atoms with Crippen molar-refractivity contribution in [3.63, 3.8) is 0 Å². The second-order valence-corrected chi connectivity index (χ2v) is 7.58. The van der Waals surface area contributed by atoms with Gasteiger partial charge in [0.1, 0.15) is 0 Å². The first kappa shape index (κ1) is 20.9. The molecule has 0 saturated heterocycles. The van der Waals surface area contributed by atoms with E-state index in [1.807, 2.05) is 0 Å². The van der Waals surface area contributed by atoms with Gasteiger partial charge in [0.15, 0.2) is 0 Å². The summed E-state index contributed by atoms with van der Waals surface area (Å²) < 4.78 is 58.5. The van der Waals surface area contributed by atoms with Gasteiger partial charge in [-0.25, -0.2) is 4.39 Å². The Morgan fingerprint density at radius 1 is 1.03 bits per heavy atom. The van der Waals surface area contributed by atoms with Gasteiger partial charge in [-0.2, -0.15) is 13.2 Å². The van der Waals surface area contributed by atoms with Crippen LogP contribution in [0.15, 0.2) is 59.5 Å². The van der Waals surface area contributed by atoms with Gasteiger partial charge in [0.25, 0.3) is 0 Å². The Labute approximate surface area is 181 Å². The van der Waals surface area contributed by atoms with Crippen molar-refractivity contribution in [2.45, 2.75) is 6.18 Å². The molecule has 0 fully saturated rings. The van der Waals surface area contributed by atoms with E-state index in [2.05, 4.69) is 20.6 Å². The zero-order chi connectivity index (χ0) is 22.2. The number of fused-ring (bicyclic) bond motifs is 1. The topological polar surface area (TPSA) is 80.1 Å². The predicted molar refractivity (Wildman–Crippen MR) is 109 cm³/mol. The monoisotopic (exact) mass is 492 g/mol. The average molecular weight is 492 g/mol. The summed E-state index contributed by atoms with van der Waals surface area (Å²) in [6.07, 6.45) is -1.67. The van der Waals surface area contributed by atoms with Crippen molar-refractivity contribution in [2.75, 3.05) is 10.6 Å². The number of rotatable bonds is 3. The molecular formula is C20H13AsF4N4O2. The first-order valence-electron chi connectivity index (χ1n) is 8.75. The predicted octanol–water partition coefficient (Wildman–Crippen LogP) is 3.95. The van der Waals surface area contributed by atoms with E-state index in [4.69, 9.17) is 4.42 Å². The molecule has 4 rings (SSSR count). The van der Waals surface area contributed by atoms with E-state index in [1.54, 1.807) is 30.5 Å². The van der Waals surface area contributed by atoms with Crippen LogP contribution in [0.1, 0.15) is 5.56 Å². The molecule has 1 atom stereocenters. The van der Waals surface area contributed by atoms with E-state index in [9.17, 15) is 22.4 Å². The number of alkyl halides is 3. The van der Waals surface area contributed by atoms with Crippen LogP contribution in [0.5, 0.6) is 0 Å². The van der Waals surface area contributed by atoms with Crippen LogP contribution in [0, 0.1) is 5.82 Å². The van der Waals surface area contributed by atoms with Crippen molar-refractivity contribution in [3.8, 4) is 11.1 Å². The summed E-state index contributed by atoms with van der Waals surface area (Å²) in [5.74, 6) is -0.982. The fourth-order valence-electron chi connectivity index (χ4n) is 2.93. The molecular weight excluding hydrogens is 479 g/mol. The molecule has 4 aromatic rings. The molecule has 2 aromatic carbocycles. The molecule has 0 aliphatic carbocycles. The normalized spacial score (nSPS) is 11.5. The van der Waals surface area contributed by atoms with Gasteiger partial charge >= 0.3 is 146 Å². The summed E-state index contributed by atoms with van der Waals surface area (Å²) in [5.41, 5.74) is 0.764. The number of aromatic nitrogens is 2. The zero-order valence-electron chi connectivity index (χ0n) is 15.5. The minimum atomic E-state index is -4.65. The summed E-state index contributed by atoms with van der Waals surface area (Å²) in [7, 11) is 0. The second kappa shape index (κ2) is 8.03. The minimum Gasteiger partial charge on any atom is -0.205 e. The van der Waals surface area contributed by atoms with Gasteiger partial charge in [-0.1, -0.05) is 0 Å². The fraction of sp³-hybridized carbons (Fsp3) is 0.0500. The van der Waals surface area contributed by atoms with Crippen LogP contribution < -0.4 is 15.1 Å². The van der Waals surface area contributed by atoms with Crippen molar-refractivity contribution in [1.82, 2.24) is 9.97 Å². The van der Waals surface area contributed by atoms with Gasteiger partial charge in [-0.05, 0) is 12.1 Å². The summed E-state index contributed by atoms with van der Waals surface area (Å²) in [4.78, 5) is 20.4. The maximum atomic E-state index is 13.8. The van der Waals surface area contributed by atoms with Crippen LogP contribution in [0.25, 0.3) is 22.2 Å². The summed E-state index contributed by atoms with van der Waals surface area (Å²) in [6.45, 7) is 0. The summed E-state index contributed by atoms with van der Waals surface area (Å²) in [6, 6.07) is 7.55. The third kappa shape index (κ3) is 4.39. The van der Waals surface area contributed by atoms with Crippen molar-refractivity contribution in [2.24, 2.45) is 0 Å². The van der Waals surface area contributed by atoms with Crippen molar-refractivity contribution in [1.29, 1.82) is 0 Å². The quantitative estimate of drug-likeness (QED) is 0.336. The van der Waals surface area contributed by atoms with Crippen molar-refractivity contribution in [3.05, 3.63) is 66.4 Å². The van der Waals surface area contributed by atoms with E-state index in [0.717, 1.165) is 21.0 Å². The molecule has 2 aromatic heterocycles. The molecule has 2 amide bonds. The van der Waals surface area contributed by atoms with Gasteiger partial charge in [-0.3, -0.25) is 0 Å². The Morgan fingerprint density at radius 2 is 1.77 bits per heavy atom. The number of benzene rings is 2. The summed E-state index contributed by atoms with van der Waals surface area (Å²) >= 11 is 1.32. The van der Waals surface area contributed by atoms with Crippen LogP contribution in [0.4, 0.5) is 33.7 Å². The number of urea groups is 1. The fourth-order valence-corrected chi connectivity index (χ4v) is 3.65. The molecule has 0 spiro atoms. The Hall–Kier alpha value is -3.39. The number of furan rings is 1. The number of halogens is 4. The van der Waals surface area contributed by atoms with E-state index in [0.29, 0.717) is 29.6 Å². The van der Waals surface area contributed by atoms with E-state index >= 15 is 0 Å². The number of amides is 2. The molecule has 0 aliphatic rings. The molecule has 31 heavy (non-hydrogen) atoms. The van der Waals surface area contributed by atoms with Gasteiger partial charge in [0.2, 0.25) is 0 Å². The zero-order valence-corrected chi connectivity index (χ0v) is 17.9. The first-order chi connectivity index (χ1) is 14.7. The maximum absolute atomic E-state index is 13.8. The molecule has 2 heterocycles. The SMILES string of the molecule is O=C(Nc1ccc(-c2coc3ncnc([AsH2])c23)cc1)Nc1cc(C(F)(F)F)ccc1F. The van der Waals surface area contributed by atoms with Crippen LogP contribution >= 0.6 is 0 Å². The van der Waals surface area contributed by atoms with Crippen LogP contribution in [-0.4, -0.2) is 32.9 Å². The third-order valence-corrected chi connectivity index (χ3v) is 5.31. The Morgan fingerprint density at radius 3 is 2.48 bits per heavy atom. The number of hydrogen-bond donors (Lipinski definition) is 2. The van der Waals surface area contributed by atoms with Gasteiger partial charge in [0, 0.05) is 0 Å².